The number of hydrogen-bond donors (Lipinski definition) is 2. The molecular formula is C29H22ClN3O5. The summed E-state index contributed by atoms with van der Waals surface area (Å²) in [5, 5.41) is 7.27. The molecule has 8 nitrogen and oxygen atoms in total. The fourth-order valence-electron chi connectivity index (χ4n) is 3.30. The average molecular weight is 528 g/mol. The minimum Gasteiger partial charge on any atom is -0.497 e. The highest BCUT2D eigenvalue weighted by molar-refractivity contribution is 6.30. The molecule has 0 aromatic heterocycles. The lowest BCUT2D eigenvalue weighted by atomic mass is 10.1. The molecule has 0 bridgehead atoms. The van der Waals surface area contributed by atoms with E-state index in [0.29, 0.717) is 38.7 Å². The molecule has 0 radical (unpaired) electrons. The van der Waals surface area contributed by atoms with Gasteiger partial charge < -0.3 is 14.8 Å². The smallest absolute Gasteiger partial charge is 0.343 e. The first kappa shape index (κ1) is 26.1. The lowest BCUT2D eigenvalue weighted by molar-refractivity contribution is 0.0734. The standard InChI is InChI=1S/C29H22ClN3O5/c1-37-25-16-10-19(11-17-25)27(34)32-24-14-8-20(9-15-24)28(35)33-31-18-22-4-2-3-5-26(22)38-29(36)21-6-12-23(30)13-7-21/h2-18H,1H3,(H,32,34)(H,33,35)/b31-18-. The van der Waals surface area contributed by atoms with Gasteiger partial charge in [-0.1, -0.05) is 23.7 Å². The van der Waals surface area contributed by atoms with E-state index in [9.17, 15) is 14.4 Å². The van der Waals surface area contributed by atoms with Crippen LogP contribution in [0, 0.1) is 0 Å². The van der Waals surface area contributed by atoms with Crippen molar-refractivity contribution in [3.05, 3.63) is 124 Å². The molecule has 9 heteroatoms. The molecule has 0 aliphatic carbocycles. The third kappa shape index (κ3) is 6.83. The van der Waals surface area contributed by atoms with Crippen LogP contribution in [0.3, 0.4) is 0 Å². The first-order valence-electron chi connectivity index (χ1n) is 11.4. The molecule has 0 saturated heterocycles. The van der Waals surface area contributed by atoms with Crippen molar-refractivity contribution in [1.29, 1.82) is 0 Å². The number of ether oxygens (including phenoxy) is 2. The number of amides is 2. The Hall–Kier alpha value is -4.95. The van der Waals surface area contributed by atoms with Gasteiger partial charge in [-0.25, -0.2) is 10.2 Å². The SMILES string of the molecule is COc1ccc(C(=O)Nc2ccc(C(=O)N/N=C\c3ccccc3OC(=O)c3ccc(Cl)cc3)cc2)cc1. The van der Waals surface area contributed by atoms with Crippen LogP contribution < -0.4 is 20.2 Å². The highest BCUT2D eigenvalue weighted by Crippen LogP contribution is 2.19. The molecule has 0 aliphatic heterocycles. The number of hydrogen-bond acceptors (Lipinski definition) is 6. The number of hydrazone groups is 1. The van der Waals surface area contributed by atoms with Gasteiger partial charge in [-0.3, -0.25) is 9.59 Å². The molecule has 2 amide bonds. The molecule has 4 aromatic rings. The summed E-state index contributed by atoms with van der Waals surface area (Å²) in [6.45, 7) is 0. The molecule has 190 valence electrons. The van der Waals surface area contributed by atoms with Gasteiger partial charge in [0.25, 0.3) is 11.8 Å². The van der Waals surface area contributed by atoms with E-state index in [-0.39, 0.29) is 11.7 Å². The number of para-hydroxylation sites is 1. The monoisotopic (exact) mass is 527 g/mol. The molecule has 0 heterocycles. The van der Waals surface area contributed by atoms with Gasteiger partial charge in [0.2, 0.25) is 0 Å². The quantitative estimate of drug-likeness (QED) is 0.135. The molecule has 0 saturated carbocycles. The fourth-order valence-corrected chi connectivity index (χ4v) is 3.43. The van der Waals surface area contributed by atoms with Gasteiger partial charge in [0.1, 0.15) is 11.5 Å². The lowest BCUT2D eigenvalue weighted by Gasteiger charge is -2.08. The second-order valence-corrected chi connectivity index (χ2v) is 8.33. The van der Waals surface area contributed by atoms with Crippen LogP contribution in [0.1, 0.15) is 36.6 Å². The van der Waals surface area contributed by atoms with Crippen molar-refractivity contribution in [2.75, 3.05) is 12.4 Å². The van der Waals surface area contributed by atoms with Gasteiger partial charge in [0, 0.05) is 27.4 Å². The van der Waals surface area contributed by atoms with Crippen LogP contribution in [0.2, 0.25) is 5.02 Å². The molecule has 4 rings (SSSR count). The number of nitrogens with zero attached hydrogens (tertiary/aromatic N) is 1. The van der Waals surface area contributed by atoms with Crippen LogP contribution in [-0.4, -0.2) is 31.1 Å². The average Bonchev–Trinajstić information content (AvgIpc) is 2.94. The van der Waals surface area contributed by atoms with Crippen LogP contribution in [-0.2, 0) is 0 Å². The summed E-state index contributed by atoms with van der Waals surface area (Å²) < 4.78 is 10.6. The number of esters is 1. The summed E-state index contributed by atoms with van der Waals surface area (Å²) in [4.78, 5) is 37.4. The van der Waals surface area contributed by atoms with E-state index in [2.05, 4.69) is 15.8 Å². The van der Waals surface area contributed by atoms with E-state index in [4.69, 9.17) is 21.1 Å². The highest BCUT2D eigenvalue weighted by atomic mass is 35.5. The van der Waals surface area contributed by atoms with Gasteiger partial charge in [0.15, 0.2) is 0 Å². The fraction of sp³-hybridized carbons (Fsp3) is 0.0345. The molecule has 38 heavy (non-hydrogen) atoms. The number of halogens is 1. The molecule has 0 atom stereocenters. The van der Waals surface area contributed by atoms with Crippen molar-refractivity contribution < 1.29 is 23.9 Å². The molecule has 0 aliphatic rings. The summed E-state index contributed by atoms with van der Waals surface area (Å²) in [5.74, 6) is -0.357. The second kappa shape index (κ2) is 12.3. The number of carbonyl (C=O) groups is 3. The Morgan fingerprint density at radius 2 is 1.37 bits per heavy atom. The molecule has 0 spiro atoms. The third-order valence-electron chi connectivity index (χ3n) is 5.33. The predicted octanol–water partition coefficient (Wildman–Crippen LogP) is 5.58. The van der Waals surface area contributed by atoms with Crippen molar-refractivity contribution in [1.82, 2.24) is 5.43 Å². The Morgan fingerprint density at radius 1 is 0.763 bits per heavy atom. The van der Waals surface area contributed by atoms with Gasteiger partial charge in [-0.15, -0.1) is 0 Å². The van der Waals surface area contributed by atoms with Crippen LogP contribution in [0.25, 0.3) is 0 Å². The second-order valence-electron chi connectivity index (χ2n) is 7.89. The van der Waals surface area contributed by atoms with Gasteiger partial charge in [0.05, 0.1) is 18.9 Å². The maximum absolute atomic E-state index is 12.5. The zero-order chi connectivity index (χ0) is 26.9. The van der Waals surface area contributed by atoms with Crippen LogP contribution in [0.15, 0.2) is 102 Å². The third-order valence-corrected chi connectivity index (χ3v) is 5.58. The molecular weight excluding hydrogens is 506 g/mol. The molecule has 4 aromatic carbocycles. The van der Waals surface area contributed by atoms with E-state index >= 15 is 0 Å². The predicted molar refractivity (Wildman–Crippen MR) is 145 cm³/mol. The number of benzene rings is 4. The van der Waals surface area contributed by atoms with Crippen LogP contribution in [0.4, 0.5) is 5.69 Å². The van der Waals surface area contributed by atoms with E-state index in [1.165, 1.54) is 6.21 Å². The van der Waals surface area contributed by atoms with Crippen molar-refractivity contribution in [3.63, 3.8) is 0 Å². The van der Waals surface area contributed by atoms with Gasteiger partial charge in [-0.2, -0.15) is 5.10 Å². The molecule has 0 fully saturated rings. The van der Waals surface area contributed by atoms with Gasteiger partial charge >= 0.3 is 5.97 Å². The zero-order valence-corrected chi connectivity index (χ0v) is 20.9. The molecule has 2 N–H and O–H groups in total. The first-order chi connectivity index (χ1) is 18.4. The van der Waals surface area contributed by atoms with E-state index < -0.39 is 11.9 Å². The summed E-state index contributed by atoms with van der Waals surface area (Å²) in [6.07, 6.45) is 1.38. The number of carbonyl (C=O) groups excluding carboxylic acids is 3. The van der Waals surface area contributed by atoms with E-state index in [1.54, 1.807) is 104 Å². The number of anilines is 1. The first-order valence-corrected chi connectivity index (χ1v) is 11.8. The Labute approximate surface area is 223 Å². The molecule has 0 unspecified atom stereocenters. The normalized spacial score (nSPS) is 10.6. The summed E-state index contributed by atoms with van der Waals surface area (Å²) in [6, 6.07) is 26.2. The maximum atomic E-state index is 12.5. The number of methoxy groups -OCH3 is 1. The summed E-state index contributed by atoms with van der Waals surface area (Å²) in [7, 11) is 1.55. The van der Waals surface area contributed by atoms with Crippen molar-refractivity contribution in [3.8, 4) is 11.5 Å². The summed E-state index contributed by atoms with van der Waals surface area (Å²) >= 11 is 5.86. The minimum absolute atomic E-state index is 0.280. The Balaban J connectivity index is 1.34. The van der Waals surface area contributed by atoms with E-state index in [1.807, 2.05) is 0 Å². The minimum atomic E-state index is -0.550. The van der Waals surface area contributed by atoms with Crippen molar-refractivity contribution in [2.24, 2.45) is 5.10 Å². The van der Waals surface area contributed by atoms with E-state index in [0.717, 1.165) is 0 Å². The number of rotatable bonds is 8. The highest BCUT2D eigenvalue weighted by Gasteiger charge is 2.12. The van der Waals surface area contributed by atoms with Crippen LogP contribution in [0.5, 0.6) is 11.5 Å². The Kier molecular flexibility index (Phi) is 8.48. The number of nitrogens with one attached hydrogen (secondary N) is 2. The largest absolute Gasteiger partial charge is 0.497 e. The van der Waals surface area contributed by atoms with Crippen LogP contribution >= 0.6 is 11.6 Å². The van der Waals surface area contributed by atoms with Crippen molar-refractivity contribution in [2.45, 2.75) is 0 Å². The Morgan fingerprint density at radius 3 is 2.05 bits per heavy atom. The summed E-state index contributed by atoms with van der Waals surface area (Å²) in [5.41, 5.74) is 4.62. The maximum Gasteiger partial charge on any atom is 0.343 e. The lowest BCUT2D eigenvalue weighted by Crippen LogP contribution is -2.18. The van der Waals surface area contributed by atoms with Crippen molar-refractivity contribution >= 4 is 41.3 Å². The Bertz CT molecular complexity index is 1470. The van der Waals surface area contributed by atoms with Gasteiger partial charge in [-0.05, 0) is 84.9 Å². The topological polar surface area (TPSA) is 106 Å². The zero-order valence-electron chi connectivity index (χ0n) is 20.2.